The predicted molar refractivity (Wildman–Crippen MR) is 74.2 cm³/mol. The summed E-state index contributed by atoms with van der Waals surface area (Å²) in [4.78, 5) is 2.21. The topological polar surface area (TPSA) is 87.2 Å². The maximum atomic E-state index is 11.5. The molecule has 1 heterocycles. The van der Waals surface area contributed by atoms with Gasteiger partial charge in [0.25, 0.3) is 0 Å². The SMILES string of the molecule is N#CC1(N)CCCC1CCN1CCCS(=O)(=O)CC1. The lowest BCUT2D eigenvalue weighted by atomic mass is 9.87. The van der Waals surface area contributed by atoms with Gasteiger partial charge < -0.3 is 10.6 Å². The maximum Gasteiger partial charge on any atom is 0.151 e. The molecule has 19 heavy (non-hydrogen) atoms. The Morgan fingerprint density at radius 2 is 2.11 bits per heavy atom. The van der Waals surface area contributed by atoms with Crippen LogP contribution in [0.3, 0.4) is 0 Å². The number of nitrogens with two attached hydrogens (primary N) is 1. The van der Waals surface area contributed by atoms with Gasteiger partial charge in [-0.05, 0) is 44.7 Å². The van der Waals surface area contributed by atoms with Crippen molar-refractivity contribution < 1.29 is 8.42 Å². The number of nitrogens with zero attached hydrogens (tertiary/aromatic N) is 2. The standard InChI is InChI=1S/C13H23N3O2S/c14-11-13(15)5-1-3-12(13)4-7-16-6-2-9-19(17,18)10-8-16/h12H,1-10,15H2. The summed E-state index contributed by atoms with van der Waals surface area (Å²) in [6.07, 6.45) is 4.48. The van der Waals surface area contributed by atoms with Gasteiger partial charge in [-0.25, -0.2) is 8.42 Å². The first-order valence-corrected chi connectivity index (χ1v) is 8.90. The molecule has 2 N–H and O–H groups in total. The average Bonchev–Trinajstić information content (AvgIpc) is 2.64. The Bertz CT molecular complexity index is 457. The van der Waals surface area contributed by atoms with Crippen molar-refractivity contribution in [1.29, 1.82) is 5.26 Å². The number of rotatable bonds is 3. The molecule has 0 bridgehead atoms. The van der Waals surface area contributed by atoms with Crippen LogP contribution in [0.25, 0.3) is 0 Å². The minimum atomic E-state index is -2.84. The first-order chi connectivity index (χ1) is 8.95. The van der Waals surface area contributed by atoms with Crippen LogP contribution in [-0.2, 0) is 9.84 Å². The number of sulfone groups is 1. The van der Waals surface area contributed by atoms with E-state index in [1.165, 1.54) is 0 Å². The monoisotopic (exact) mass is 285 g/mol. The van der Waals surface area contributed by atoms with E-state index in [4.69, 9.17) is 5.73 Å². The van der Waals surface area contributed by atoms with Crippen molar-refractivity contribution in [3.8, 4) is 6.07 Å². The van der Waals surface area contributed by atoms with E-state index in [0.29, 0.717) is 12.3 Å². The Kier molecular flexibility index (Phi) is 4.49. The number of hydrogen-bond acceptors (Lipinski definition) is 5. The van der Waals surface area contributed by atoms with Gasteiger partial charge in [-0.1, -0.05) is 6.42 Å². The summed E-state index contributed by atoms with van der Waals surface area (Å²) in [7, 11) is -2.84. The second kappa shape index (κ2) is 5.78. The van der Waals surface area contributed by atoms with Crippen LogP contribution >= 0.6 is 0 Å². The third kappa shape index (κ3) is 3.68. The van der Waals surface area contributed by atoms with Crippen molar-refractivity contribution in [3.05, 3.63) is 0 Å². The van der Waals surface area contributed by atoms with Gasteiger partial charge in [0.15, 0.2) is 9.84 Å². The second-order valence-corrected chi connectivity index (χ2v) is 8.18. The van der Waals surface area contributed by atoms with Crippen LogP contribution in [0.1, 0.15) is 32.1 Å². The van der Waals surface area contributed by atoms with E-state index in [1.54, 1.807) is 0 Å². The number of nitriles is 1. The molecule has 0 spiro atoms. The van der Waals surface area contributed by atoms with Crippen LogP contribution in [0.5, 0.6) is 0 Å². The smallest absolute Gasteiger partial charge is 0.151 e. The molecule has 5 nitrogen and oxygen atoms in total. The van der Waals surface area contributed by atoms with Crippen molar-refractivity contribution in [3.63, 3.8) is 0 Å². The fraction of sp³-hybridized carbons (Fsp3) is 0.923. The Hall–Kier alpha value is -0.640. The summed E-state index contributed by atoms with van der Waals surface area (Å²) in [5.74, 6) is 0.840. The summed E-state index contributed by atoms with van der Waals surface area (Å²) in [5.41, 5.74) is 5.46. The van der Waals surface area contributed by atoms with Gasteiger partial charge in [0.05, 0.1) is 17.6 Å². The third-order valence-electron chi connectivity index (χ3n) is 4.52. The molecule has 1 aliphatic heterocycles. The van der Waals surface area contributed by atoms with E-state index >= 15 is 0 Å². The van der Waals surface area contributed by atoms with Gasteiger partial charge in [-0.3, -0.25) is 0 Å². The minimum Gasteiger partial charge on any atom is -0.313 e. The van der Waals surface area contributed by atoms with Crippen LogP contribution in [-0.4, -0.2) is 50.0 Å². The summed E-state index contributed by atoms with van der Waals surface area (Å²) >= 11 is 0. The molecule has 0 radical (unpaired) electrons. The summed E-state index contributed by atoms with van der Waals surface area (Å²) < 4.78 is 23.1. The molecular weight excluding hydrogens is 262 g/mol. The molecule has 2 fully saturated rings. The van der Waals surface area contributed by atoms with E-state index in [9.17, 15) is 13.7 Å². The molecular formula is C13H23N3O2S. The van der Waals surface area contributed by atoms with Crippen LogP contribution in [0.15, 0.2) is 0 Å². The predicted octanol–water partition coefficient (Wildman–Crippen LogP) is 0.518. The lowest BCUT2D eigenvalue weighted by molar-refractivity contribution is 0.251. The van der Waals surface area contributed by atoms with Crippen molar-refractivity contribution >= 4 is 9.84 Å². The molecule has 1 saturated heterocycles. The van der Waals surface area contributed by atoms with Gasteiger partial charge in [0.1, 0.15) is 5.54 Å². The summed E-state index contributed by atoms with van der Waals surface area (Å²) in [5, 5.41) is 9.18. The second-order valence-electron chi connectivity index (χ2n) is 5.88. The van der Waals surface area contributed by atoms with Gasteiger partial charge in [-0.2, -0.15) is 5.26 Å². The third-order valence-corrected chi connectivity index (χ3v) is 6.24. The van der Waals surface area contributed by atoms with Crippen LogP contribution in [0.4, 0.5) is 0 Å². The molecule has 0 aromatic heterocycles. The summed E-state index contributed by atoms with van der Waals surface area (Å²) in [6.45, 7) is 2.33. The first-order valence-electron chi connectivity index (χ1n) is 7.08. The van der Waals surface area contributed by atoms with Gasteiger partial charge in [0, 0.05) is 6.54 Å². The Balaban J connectivity index is 1.84. The fourth-order valence-electron chi connectivity index (χ4n) is 3.20. The molecule has 1 saturated carbocycles. The minimum absolute atomic E-state index is 0.261. The van der Waals surface area contributed by atoms with Gasteiger partial charge in [-0.15, -0.1) is 0 Å². The zero-order valence-corrected chi connectivity index (χ0v) is 12.2. The van der Waals surface area contributed by atoms with Crippen molar-refractivity contribution in [2.75, 3.05) is 31.1 Å². The Morgan fingerprint density at radius 3 is 2.84 bits per heavy atom. The zero-order valence-electron chi connectivity index (χ0n) is 11.3. The lowest BCUT2D eigenvalue weighted by Gasteiger charge is -2.27. The van der Waals surface area contributed by atoms with Crippen LogP contribution in [0.2, 0.25) is 0 Å². The molecule has 2 rings (SSSR count). The van der Waals surface area contributed by atoms with Gasteiger partial charge >= 0.3 is 0 Å². The molecule has 108 valence electrons. The highest BCUT2D eigenvalue weighted by molar-refractivity contribution is 7.91. The molecule has 0 amide bonds. The highest BCUT2D eigenvalue weighted by Gasteiger charge is 2.39. The molecule has 2 unspecified atom stereocenters. The highest BCUT2D eigenvalue weighted by atomic mass is 32.2. The fourth-order valence-corrected chi connectivity index (χ4v) is 4.51. The van der Waals surface area contributed by atoms with E-state index in [1.807, 2.05) is 0 Å². The van der Waals surface area contributed by atoms with Crippen LogP contribution in [0, 0.1) is 17.2 Å². The molecule has 0 aromatic carbocycles. The Morgan fingerprint density at radius 1 is 1.32 bits per heavy atom. The van der Waals surface area contributed by atoms with Crippen LogP contribution < -0.4 is 5.73 Å². The van der Waals surface area contributed by atoms with E-state index in [0.717, 1.165) is 45.2 Å². The zero-order chi connectivity index (χ0) is 13.9. The van der Waals surface area contributed by atoms with Crippen molar-refractivity contribution in [2.24, 2.45) is 11.7 Å². The quantitative estimate of drug-likeness (QED) is 0.816. The van der Waals surface area contributed by atoms with E-state index in [-0.39, 0.29) is 11.7 Å². The van der Waals surface area contributed by atoms with Crippen molar-refractivity contribution in [1.82, 2.24) is 4.90 Å². The first kappa shape index (κ1) is 14.8. The average molecular weight is 285 g/mol. The molecule has 2 atom stereocenters. The normalized spacial score (nSPS) is 35.7. The number of hydrogen-bond donors (Lipinski definition) is 1. The maximum absolute atomic E-state index is 11.5. The van der Waals surface area contributed by atoms with E-state index < -0.39 is 15.4 Å². The summed E-state index contributed by atoms with van der Waals surface area (Å²) in [6, 6.07) is 2.27. The largest absolute Gasteiger partial charge is 0.313 e. The lowest BCUT2D eigenvalue weighted by Crippen LogP contribution is -2.43. The molecule has 1 aliphatic carbocycles. The highest BCUT2D eigenvalue weighted by Crippen LogP contribution is 2.35. The Labute approximate surface area is 115 Å². The molecule has 2 aliphatic rings. The van der Waals surface area contributed by atoms with E-state index in [2.05, 4.69) is 11.0 Å². The molecule has 6 heteroatoms. The van der Waals surface area contributed by atoms with Crippen molar-refractivity contribution in [2.45, 2.75) is 37.6 Å². The van der Waals surface area contributed by atoms with Gasteiger partial charge in [0.2, 0.25) is 0 Å². The molecule has 0 aromatic rings.